The van der Waals surface area contributed by atoms with Gasteiger partial charge in [-0.15, -0.1) is 0 Å². The predicted molar refractivity (Wildman–Crippen MR) is 54.2 cm³/mol. The molecule has 0 aliphatic heterocycles. The third-order valence-corrected chi connectivity index (χ3v) is 1.96. The number of hydrogen-bond donors (Lipinski definition) is 2. The molecule has 4 heteroatoms. The van der Waals surface area contributed by atoms with Gasteiger partial charge in [-0.2, -0.15) is 5.26 Å². The molecule has 0 amide bonds. The fourth-order valence-corrected chi connectivity index (χ4v) is 1.18. The van der Waals surface area contributed by atoms with Crippen molar-refractivity contribution in [2.45, 2.75) is 19.1 Å². The van der Waals surface area contributed by atoms with Crippen LogP contribution >= 0.6 is 0 Å². The molecule has 0 fully saturated rings. The van der Waals surface area contributed by atoms with Gasteiger partial charge in [0.2, 0.25) is 0 Å². The van der Waals surface area contributed by atoms with Crippen molar-refractivity contribution in [1.29, 1.82) is 5.26 Å². The van der Waals surface area contributed by atoms with Crippen LogP contribution in [-0.4, -0.2) is 22.9 Å². The zero-order chi connectivity index (χ0) is 11.3. The second-order valence-corrected chi connectivity index (χ2v) is 3.02. The number of aliphatic hydroxyl groups is 2. The zero-order valence-corrected chi connectivity index (χ0v) is 8.42. The van der Waals surface area contributed by atoms with Gasteiger partial charge in [0, 0.05) is 0 Å². The van der Waals surface area contributed by atoms with Gasteiger partial charge in [-0.05, 0) is 24.6 Å². The highest BCUT2D eigenvalue weighted by Gasteiger charge is 2.17. The van der Waals surface area contributed by atoms with Gasteiger partial charge in [0.15, 0.2) is 6.10 Å². The molecule has 1 aromatic rings. The molecule has 1 aromatic carbocycles. The molecule has 0 saturated heterocycles. The summed E-state index contributed by atoms with van der Waals surface area (Å²) in [6.07, 6.45) is -2.58. The largest absolute Gasteiger partial charge is 0.494 e. The molecule has 0 aliphatic rings. The van der Waals surface area contributed by atoms with Crippen LogP contribution in [0.15, 0.2) is 24.3 Å². The van der Waals surface area contributed by atoms with E-state index in [0.29, 0.717) is 17.9 Å². The first-order valence-corrected chi connectivity index (χ1v) is 4.67. The molecule has 0 saturated carbocycles. The van der Waals surface area contributed by atoms with Crippen LogP contribution in [0, 0.1) is 11.3 Å². The lowest BCUT2D eigenvalue weighted by atomic mass is 10.1. The van der Waals surface area contributed by atoms with E-state index in [1.807, 2.05) is 6.92 Å². The highest BCUT2D eigenvalue weighted by atomic mass is 16.5. The molecule has 80 valence electrons. The van der Waals surface area contributed by atoms with Gasteiger partial charge in [0.1, 0.15) is 11.9 Å². The number of rotatable bonds is 4. The van der Waals surface area contributed by atoms with Crippen molar-refractivity contribution in [1.82, 2.24) is 0 Å². The number of hydrogen-bond acceptors (Lipinski definition) is 4. The van der Waals surface area contributed by atoms with E-state index in [2.05, 4.69) is 0 Å². The first-order valence-electron chi connectivity index (χ1n) is 4.67. The third-order valence-electron chi connectivity index (χ3n) is 1.96. The summed E-state index contributed by atoms with van der Waals surface area (Å²) < 4.78 is 5.22. The number of aliphatic hydroxyl groups excluding tert-OH is 2. The first kappa shape index (κ1) is 11.5. The fourth-order valence-electron chi connectivity index (χ4n) is 1.18. The molecule has 4 nitrogen and oxygen atoms in total. The summed E-state index contributed by atoms with van der Waals surface area (Å²) in [5.74, 6) is 0.694. The van der Waals surface area contributed by atoms with Crippen LogP contribution in [0.25, 0.3) is 0 Å². The average molecular weight is 207 g/mol. The summed E-state index contributed by atoms with van der Waals surface area (Å²) in [4.78, 5) is 0. The van der Waals surface area contributed by atoms with Gasteiger partial charge in [0.25, 0.3) is 0 Å². The average Bonchev–Trinajstić information content (AvgIpc) is 2.28. The summed E-state index contributed by atoms with van der Waals surface area (Å²) in [6.45, 7) is 2.45. The van der Waals surface area contributed by atoms with Crippen molar-refractivity contribution in [3.8, 4) is 11.8 Å². The Kier molecular flexibility index (Phi) is 4.10. The van der Waals surface area contributed by atoms with Crippen molar-refractivity contribution in [3.63, 3.8) is 0 Å². The molecule has 2 unspecified atom stereocenters. The van der Waals surface area contributed by atoms with Crippen molar-refractivity contribution in [3.05, 3.63) is 29.8 Å². The fraction of sp³-hybridized carbons (Fsp3) is 0.364. The maximum Gasteiger partial charge on any atom is 0.170 e. The van der Waals surface area contributed by atoms with Crippen molar-refractivity contribution < 1.29 is 14.9 Å². The molecule has 0 aliphatic carbocycles. The molecule has 15 heavy (non-hydrogen) atoms. The number of nitrogens with zero attached hydrogens (tertiary/aromatic N) is 1. The molecule has 0 radical (unpaired) electrons. The minimum absolute atomic E-state index is 0.493. The van der Waals surface area contributed by atoms with Crippen molar-refractivity contribution >= 4 is 0 Å². The van der Waals surface area contributed by atoms with E-state index in [0.717, 1.165) is 0 Å². The number of ether oxygens (including phenoxy) is 1. The van der Waals surface area contributed by atoms with Crippen LogP contribution < -0.4 is 4.74 Å². The zero-order valence-electron chi connectivity index (χ0n) is 8.42. The molecule has 0 bridgehead atoms. The van der Waals surface area contributed by atoms with Gasteiger partial charge in [-0.25, -0.2) is 0 Å². The second kappa shape index (κ2) is 5.35. The lowest BCUT2D eigenvalue weighted by Gasteiger charge is -2.12. The van der Waals surface area contributed by atoms with Crippen LogP contribution in [0.2, 0.25) is 0 Å². The quantitative estimate of drug-likeness (QED) is 0.722. The topological polar surface area (TPSA) is 73.5 Å². The van der Waals surface area contributed by atoms with Gasteiger partial charge in [0.05, 0.1) is 12.7 Å². The maximum atomic E-state index is 9.50. The summed E-state index contributed by atoms with van der Waals surface area (Å²) in [6, 6.07) is 8.19. The Morgan fingerprint density at radius 1 is 1.33 bits per heavy atom. The van der Waals surface area contributed by atoms with Gasteiger partial charge in [-0.1, -0.05) is 12.1 Å². The van der Waals surface area contributed by atoms with Crippen LogP contribution in [0.1, 0.15) is 18.6 Å². The van der Waals surface area contributed by atoms with Gasteiger partial charge >= 0.3 is 0 Å². The van der Waals surface area contributed by atoms with Crippen molar-refractivity contribution in [2.24, 2.45) is 0 Å². The minimum Gasteiger partial charge on any atom is -0.494 e. The first-order chi connectivity index (χ1) is 7.19. The van der Waals surface area contributed by atoms with E-state index in [-0.39, 0.29) is 0 Å². The van der Waals surface area contributed by atoms with Crippen LogP contribution in [-0.2, 0) is 0 Å². The van der Waals surface area contributed by atoms with Crippen LogP contribution in [0.5, 0.6) is 5.75 Å². The van der Waals surface area contributed by atoms with E-state index < -0.39 is 12.2 Å². The molecular weight excluding hydrogens is 194 g/mol. The van der Waals surface area contributed by atoms with Crippen LogP contribution in [0.3, 0.4) is 0 Å². The van der Waals surface area contributed by atoms with Gasteiger partial charge < -0.3 is 14.9 Å². The predicted octanol–water partition coefficient (Wildman–Crippen LogP) is 1.00. The molecule has 0 heterocycles. The highest BCUT2D eigenvalue weighted by Crippen LogP contribution is 2.20. The number of nitriles is 1. The van der Waals surface area contributed by atoms with E-state index in [4.69, 9.17) is 15.1 Å². The third kappa shape index (κ3) is 2.94. The smallest absolute Gasteiger partial charge is 0.170 e. The summed E-state index contributed by atoms with van der Waals surface area (Å²) in [5, 5.41) is 27.0. The normalized spacial score (nSPS) is 14.0. The Labute approximate surface area is 88.4 Å². The standard InChI is InChI=1S/C11H13NO3/c1-2-15-9-5-3-8(4-6-9)11(14)10(13)7-12/h3-6,10-11,13-14H,2H2,1H3. The highest BCUT2D eigenvalue weighted by molar-refractivity contribution is 5.29. The summed E-state index contributed by atoms with van der Waals surface area (Å²) in [7, 11) is 0. The summed E-state index contributed by atoms with van der Waals surface area (Å²) in [5.41, 5.74) is 0.493. The second-order valence-electron chi connectivity index (χ2n) is 3.02. The molecule has 2 N–H and O–H groups in total. The van der Waals surface area contributed by atoms with Gasteiger partial charge in [-0.3, -0.25) is 0 Å². The number of benzene rings is 1. The molecule has 1 rings (SSSR count). The Bertz CT molecular complexity index is 342. The van der Waals surface area contributed by atoms with Crippen molar-refractivity contribution in [2.75, 3.05) is 6.61 Å². The molecule has 0 spiro atoms. The lowest BCUT2D eigenvalue weighted by Crippen LogP contribution is -2.15. The maximum absolute atomic E-state index is 9.50. The molecular formula is C11H13NO3. The SMILES string of the molecule is CCOc1ccc(C(O)C(O)C#N)cc1. The summed E-state index contributed by atoms with van der Waals surface area (Å²) >= 11 is 0. The van der Waals surface area contributed by atoms with E-state index in [1.54, 1.807) is 30.3 Å². The van der Waals surface area contributed by atoms with E-state index >= 15 is 0 Å². The lowest BCUT2D eigenvalue weighted by molar-refractivity contribution is 0.0527. The Morgan fingerprint density at radius 3 is 2.40 bits per heavy atom. The van der Waals surface area contributed by atoms with E-state index in [1.165, 1.54) is 0 Å². The Hall–Kier alpha value is -1.57. The van der Waals surface area contributed by atoms with E-state index in [9.17, 15) is 5.11 Å². The molecule has 2 atom stereocenters. The Morgan fingerprint density at radius 2 is 1.93 bits per heavy atom. The Balaban J connectivity index is 2.76. The van der Waals surface area contributed by atoms with Crippen LogP contribution in [0.4, 0.5) is 0 Å². The monoisotopic (exact) mass is 207 g/mol. The molecule has 0 aromatic heterocycles. The minimum atomic E-state index is -1.40.